The maximum atomic E-state index is 12.2. The summed E-state index contributed by atoms with van der Waals surface area (Å²) in [6, 6.07) is 3.71. The number of rotatable bonds is 8. The monoisotopic (exact) mass is 385 g/mol. The SMILES string of the molecule is CC(=N)/C(C(C)=O)=C(/O)COC(=O)/C(C#N)=C\c1cc(C)n(CC(C)C)c1C. The number of aromatic nitrogens is 1. The number of nitrogens with zero attached hydrogens (tertiary/aromatic N) is 2. The van der Waals surface area contributed by atoms with Gasteiger partial charge in [0, 0.05) is 23.6 Å². The van der Waals surface area contributed by atoms with Crippen molar-refractivity contribution in [3.8, 4) is 6.07 Å². The van der Waals surface area contributed by atoms with Crippen LogP contribution in [-0.4, -0.2) is 33.7 Å². The van der Waals surface area contributed by atoms with Gasteiger partial charge in [-0.25, -0.2) is 4.79 Å². The number of aliphatic hydroxyl groups excluding tert-OH is 1. The molecule has 0 aromatic carbocycles. The van der Waals surface area contributed by atoms with Crippen molar-refractivity contribution in [3.63, 3.8) is 0 Å². The summed E-state index contributed by atoms with van der Waals surface area (Å²) in [5, 5.41) is 26.8. The molecule has 1 rings (SSSR count). The first kappa shape index (κ1) is 22.9. The van der Waals surface area contributed by atoms with E-state index < -0.39 is 24.1 Å². The number of esters is 1. The molecular formula is C21H27N3O4. The summed E-state index contributed by atoms with van der Waals surface area (Å²) in [5.74, 6) is -1.48. The first-order valence-corrected chi connectivity index (χ1v) is 8.93. The lowest BCUT2D eigenvalue weighted by Gasteiger charge is -2.12. The van der Waals surface area contributed by atoms with Gasteiger partial charge in [0.05, 0.1) is 5.57 Å². The van der Waals surface area contributed by atoms with Crippen molar-refractivity contribution in [2.75, 3.05) is 6.61 Å². The van der Waals surface area contributed by atoms with Gasteiger partial charge in [-0.3, -0.25) is 4.79 Å². The molecule has 0 saturated carbocycles. The fourth-order valence-electron chi connectivity index (χ4n) is 2.88. The summed E-state index contributed by atoms with van der Waals surface area (Å²) in [6.45, 7) is 10.9. The molecule has 0 radical (unpaired) electrons. The molecule has 0 aliphatic rings. The van der Waals surface area contributed by atoms with Crippen molar-refractivity contribution >= 4 is 23.5 Å². The summed E-state index contributed by atoms with van der Waals surface area (Å²) in [7, 11) is 0. The Balaban J connectivity index is 3.08. The van der Waals surface area contributed by atoms with Crippen molar-refractivity contribution in [2.24, 2.45) is 5.92 Å². The number of nitrogens with one attached hydrogen (secondary N) is 1. The van der Waals surface area contributed by atoms with Crippen molar-refractivity contribution in [2.45, 2.75) is 48.1 Å². The molecule has 0 fully saturated rings. The Morgan fingerprint density at radius 2 is 1.96 bits per heavy atom. The lowest BCUT2D eigenvalue weighted by molar-refractivity contribution is -0.138. The Kier molecular flexibility index (Phi) is 7.93. The molecule has 1 heterocycles. The molecule has 0 saturated heterocycles. The van der Waals surface area contributed by atoms with E-state index in [0.717, 1.165) is 23.5 Å². The van der Waals surface area contributed by atoms with Crippen LogP contribution in [0.3, 0.4) is 0 Å². The van der Waals surface area contributed by atoms with E-state index in [1.807, 2.05) is 26.0 Å². The van der Waals surface area contributed by atoms with E-state index in [2.05, 4.69) is 18.4 Å². The Morgan fingerprint density at radius 3 is 2.43 bits per heavy atom. The van der Waals surface area contributed by atoms with Crippen LogP contribution < -0.4 is 0 Å². The van der Waals surface area contributed by atoms with Gasteiger partial charge >= 0.3 is 5.97 Å². The van der Waals surface area contributed by atoms with Crippen LogP contribution in [0.1, 0.15) is 44.6 Å². The van der Waals surface area contributed by atoms with E-state index in [4.69, 9.17) is 10.1 Å². The van der Waals surface area contributed by atoms with Crippen LogP contribution in [0.15, 0.2) is 23.0 Å². The minimum Gasteiger partial charge on any atom is -0.508 e. The maximum Gasteiger partial charge on any atom is 0.349 e. The highest BCUT2D eigenvalue weighted by atomic mass is 16.5. The van der Waals surface area contributed by atoms with Gasteiger partial charge in [0.15, 0.2) is 5.78 Å². The second-order valence-electron chi connectivity index (χ2n) is 7.08. The number of allylic oxidation sites excluding steroid dienone is 1. The van der Waals surface area contributed by atoms with E-state index in [9.17, 15) is 20.0 Å². The van der Waals surface area contributed by atoms with Gasteiger partial charge < -0.3 is 19.8 Å². The van der Waals surface area contributed by atoms with Crippen LogP contribution in [0.25, 0.3) is 6.08 Å². The zero-order chi connectivity index (χ0) is 21.6. The molecule has 1 aromatic heterocycles. The molecule has 0 aliphatic carbocycles. The van der Waals surface area contributed by atoms with Crippen LogP contribution in [0, 0.1) is 36.5 Å². The first-order valence-electron chi connectivity index (χ1n) is 8.93. The molecule has 2 N–H and O–H groups in total. The molecule has 0 aliphatic heterocycles. The molecular weight excluding hydrogens is 358 g/mol. The Bertz CT molecular complexity index is 879. The first-order chi connectivity index (χ1) is 13.0. The number of carbonyl (C=O) groups excluding carboxylic acids is 2. The summed E-state index contributed by atoms with van der Waals surface area (Å²) in [5.41, 5.74) is 2.16. The second-order valence-corrected chi connectivity index (χ2v) is 7.08. The molecule has 7 nitrogen and oxygen atoms in total. The van der Waals surface area contributed by atoms with E-state index in [0.29, 0.717) is 5.92 Å². The summed E-state index contributed by atoms with van der Waals surface area (Å²) in [6.07, 6.45) is 1.45. The average Bonchev–Trinajstić information content (AvgIpc) is 2.83. The molecule has 0 amide bonds. The molecule has 0 spiro atoms. The van der Waals surface area contributed by atoms with Crippen molar-refractivity contribution < 1.29 is 19.4 Å². The highest BCUT2D eigenvalue weighted by Crippen LogP contribution is 2.20. The number of hydrogen-bond acceptors (Lipinski definition) is 6. The molecule has 0 atom stereocenters. The van der Waals surface area contributed by atoms with E-state index in [1.165, 1.54) is 19.9 Å². The van der Waals surface area contributed by atoms with Crippen LogP contribution in [0.2, 0.25) is 0 Å². The van der Waals surface area contributed by atoms with Crippen molar-refractivity contribution in [3.05, 3.63) is 39.9 Å². The zero-order valence-electron chi connectivity index (χ0n) is 17.2. The predicted octanol–water partition coefficient (Wildman–Crippen LogP) is 3.65. The third-order valence-electron chi connectivity index (χ3n) is 4.16. The lowest BCUT2D eigenvalue weighted by atomic mass is 10.1. The second kappa shape index (κ2) is 9.70. The number of Topliss-reactive ketones (excluding diaryl/α,β-unsaturated/α-hetero) is 1. The highest BCUT2D eigenvalue weighted by molar-refractivity contribution is 6.20. The molecule has 0 bridgehead atoms. The predicted molar refractivity (Wildman–Crippen MR) is 107 cm³/mol. The number of ether oxygens (including phenoxy) is 1. The van der Waals surface area contributed by atoms with Crippen LogP contribution in [0.4, 0.5) is 0 Å². The van der Waals surface area contributed by atoms with Gasteiger partial charge in [0.25, 0.3) is 0 Å². The largest absolute Gasteiger partial charge is 0.508 e. The van der Waals surface area contributed by atoms with E-state index in [1.54, 1.807) is 0 Å². The summed E-state index contributed by atoms with van der Waals surface area (Å²) >= 11 is 0. The Labute approximate surface area is 165 Å². The van der Waals surface area contributed by atoms with Gasteiger partial charge in [-0.15, -0.1) is 0 Å². The van der Waals surface area contributed by atoms with E-state index >= 15 is 0 Å². The number of hydrogen-bond donors (Lipinski definition) is 2. The highest BCUT2D eigenvalue weighted by Gasteiger charge is 2.18. The number of carbonyl (C=O) groups is 2. The number of nitriles is 1. The maximum absolute atomic E-state index is 12.2. The third kappa shape index (κ3) is 5.68. The van der Waals surface area contributed by atoms with Gasteiger partial charge in [-0.05, 0) is 51.3 Å². The topological polar surface area (TPSA) is 116 Å². The van der Waals surface area contributed by atoms with Gasteiger partial charge in [-0.2, -0.15) is 5.26 Å². The van der Waals surface area contributed by atoms with Crippen LogP contribution in [0.5, 0.6) is 0 Å². The average molecular weight is 385 g/mol. The number of aliphatic hydroxyl groups is 1. The summed E-state index contributed by atoms with van der Waals surface area (Å²) in [4.78, 5) is 23.7. The molecule has 28 heavy (non-hydrogen) atoms. The van der Waals surface area contributed by atoms with Crippen LogP contribution in [-0.2, 0) is 20.9 Å². The lowest BCUT2D eigenvalue weighted by Crippen LogP contribution is -2.15. The fraction of sp³-hybridized carbons (Fsp3) is 0.429. The van der Waals surface area contributed by atoms with Crippen molar-refractivity contribution in [1.29, 1.82) is 10.7 Å². The standard InChI is InChI=1S/C21H27N3O4/c1-12(2)10-24-13(3)7-17(15(24)5)8-18(9-22)21(27)28-11-19(26)20(14(4)23)16(6)25/h7-8,12,23,26H,10-11H2,1-6H3/b18-8-,20-19-,23-14?. The summed E-state index contributed by atoms with van der Waals surface area (Å²) < 4.78 is 7.08. The van der Waals surface area contributed by atoms with Gasteiger partial charge in [0.1, 0.15) is 24.0 Å². The Hall–Kier alpha value is -3.14. The van der Waals surface area contributed by atoms with Gasteiger partial charge in [-0.1, -0.05) is 13.8 Å². The van der Waals surface area contributed by atoms with Crippen molar-refractivity contribution in [1.82, 2.24) is 4.57 Å². The quantitative estimate of drug-likeness (QED) is 0.233. The minimum absolute atomic E-state index is 0.130. The van der Waals surface area contributed by atoms with E-state index in [-0.39, 0.29) is 16.9 Å². The number of ketones is 1. The third-order valence-corrected chi connectivity index (χ3v) is 4.16. The Morgan fingerprint density at radius 1 is 1.36 bits per heavy atom. The minimum atomic E-state index is -0.909. The molecule has 0 unspecified atom stereocenters. The fourth-order valence-corrected chi connectivity index (χ4v) is 2.88. The van der Waals surface area contributed by atoms with Crippen LogP contribution >= 0.6 is 0 Å². The normalized spacial score (nSPS) is 12.4. The molecule has 1 aromatic rings. The smallest absolute Gasteiger partial charge is 0.349 e. The number of aryl methyl sites for hydroxylation is 1. The molecule has 150 valence electrons. The molecule has 7 heteroatoms. The van der Waals surface area contributed by atoms with Gasteiger partial charge in [0.2, 0.25) is 0 Å². The zero-order valence-corrected chi connectivity index (χ0v) is 17.2.